The number of hydrogen-bond donors (Lipinski definition) is 3. The summed E-state index contributed by atoms with van der Waals surface area (Å²) < 4.78 is 27.8. The molecule has 1 aliphatic heterocycles. The molecule has 2 aromatic rings. The molecule has 1 aliphatic carbocycles. The second-order valence-corrected chi connectivity index (χ2v) is 9.87. The minimum atomic E-state index is -3.67. The van der Waals surface area contributed by atoms with E-state index < -0.39 is 16.1 Å². The first-order valence-electron chi connectivity index (χ1n) is 9.87. The number of hydrogen-bond acceptors (Lipinski definition) is 5. The van der Waals surface area contributed by atoms with E-state index >= 15 is 0 Å². The third-order valence-corrected chi connectivity index (χ3v) is 7.28. The second kappa shape index (κ2) is 7.46. The summed E-state index contributed by atoms with van der Waals surface area (Å²) in [5.74, 6) is 1.71. The van der Waals surface area contributed by atoms with Crippen LogP contribution in [0.3, 0.4) is 0 Å². The van der Waals surface area contributed by atoms with Gasteiger partial charge in [-0.25, -0.2) is 18.1 Å². The predicted octanol–water partition coefficient (Wildman–Crippen LogP) is 2.79. The van der Waals surface area contributed by atoms with Gasteiger partial charge in [-0.3, -0.25) is 0 Å². The third-order valence-electron chi connectivity index (χ3n) is 5.78. The molecule has 6 nitrogen and oxygen atoms in total. The van der Waals surface area contributed by atoms with Crippen LogP contribution in [0.25, 0.3) is 11.1 Å². The van der Waals surface area contributed by atoms with Crippen LogP contribution < -0.4 is 10.0 Å². The average molecular weight is 402 g/mol. The lowest BCUT2D eigenvalue weighted by Gasteiger charge is -2.20. The molecular formula is C21H27N3O3S. The number of anilines is 1. The Hall–Kier alpha value is -1.96. The van der Waals surface area contributed by atoms with Gasteiger partial charge in [0.15, 0.2) is 0 Å². The maximum atomic E-state index is 12.6. The molecule has 0 radical (unpaired) electrons. The SMILES string of the molecule is CC(C)[C@H](CO)NS(=O)(=O)c1ccc(-c2ccnc3c2CC(C2CC2)N3)cc1. The van der Waals surface area contributed by atoms with Gasteiger partial charge < -0.3 is 10.4 Å². The molecule has 150 valence electrons. The summed E-state index contributed by atoms with van der Waals surface area (Å²) in [6.45, 7) is 3.52. The van der Waals surface area contributed by atoms with E-state index in [2.05, 4.69) is 15.0 Å². The third kappa shape index (κ3) is 3.79. The summed E-state index contributed by atoms with van der Waals surface area (Å²) >= 11 is 0. The Balaban J connectivity index is 1.57. The number of aliphatic hydroxyl groups excluding tert-OH is 1. The Kier molecular flexibility index (Phi) is 5.16. The fourth-order valence-corrected chi connectivity index (χ4v) is 5.16. The lowest BCUT2D eigenvalue weighted by Crippen LogP contribution is -2.41. The van der Waals surface area contributed by atoms with Crippen molar-refractivity contribution in [2.24, 2.45) is 11.8 Å². The number of fused-ring (bicyclic) bond motifs is 1. The van der Waals surface area contributed by atoms with Crippen molar-refractivity contribution in [1.29, 1.82) is 0 Å². The first kappa shape index (κ1) is 19.4. The van der Waals surface area contributed by atoms with Gasteiger partial charge in [-0.15, -0.1) is 0 Å². The molecule has 1 aromatic carbocycles. The Bertz CT molecular complexity index is 953. The van der Waals surface area contributed by atoms with E-state index in [-0.39, 0.29) is 17.4 Å². The number of rotatable bonds is 7. The Morgan fingerprint density at radius 1 is 1.21 bits per heavy atom. The Labute approximate surface area is 166 Å². The molecule has 7 heteroatoms. The van der Waals surface area contributed by atoms with Crippen LogP contribution in [0.1, 0.15) is 32.3 Å². The van der Waals surface area contributed by atoms with E-state index in [9.17, 15) is 13.5 Å². The lowest BCUT2D eigenvalue weighted by atomic mass is 9.98. The minimum absolute atomic E-state index is 0.00497. The molecule has 2 atom stereocenters. The Morgan fingerprint density at radius 2 is 1.93 bits per heavy atom. The van der Waals surface area contributed by atoms with E-state index in [1.165, 1.54) is 18.4 Å². The molecule has 1 saturated carbocycles. The number of aromatic nitrogens is 1. The molecule has 0 bridgehead atoms. The van der Waals surface area contributed by atoms with Gasteiger partial charge in [0.2, 0.25) is 10.0 Å². The highest BCUT2D eigenvalue weighted by atomic mass is 32.2. The predicted molar refractivity (Wildman–Crippen MR) is 110 cm³/mol. The van der Waals surface area contributed by atoms with Crippen molar-refractivity contribution in [2.75, 3.05) is 11.9 Å². The topological polar surface area (TPSA) is 91.3 Å². The van der Waals surface area contributed by atoms with Gasteiger partial charge in [0.25, 0.3) is 0 Å². The van der Waals surface area contributed by atoms with Crippen LogP contribution in [0.5, 0.6) is 0 Å². The summed E-state index contributed by atoms with van der Waals surface area (Å²) in [5.41, 5.74) is 3.31. The Morgan fingerprint density at radius 3 is 2.54 bits per heavy atom. The molecule has 28 heavy (non-hydrogen) atoms. The molecule has 1 unspecified atom stereocenters. The highest BCUT2D eigenvalue weighted by Crippen LogP contribution is 2.42. The fraction of sp³-hybridized carbons (Fsp3) is 0.476. The van der Waals surface area contributed by atoms with E-state index in [1.54, 1.807) is 18.3 Å². The largest absolute Gasteiger partial charge is 0.395 e. The first-order chi connectivity index (χ1) is 13.4. The van der Waals surface area contributed by atoms with Gasteiger partial charge in [-0.1, -0.05) is 26.0 Å². The first-order valence-corrected chi connectivity index (χ1v) is 11.4. The number of sulfonamides is 1. The summed E-state index contributed by atoms with van der Waals surface area (Å²) in [6.07, 6.45) is 5.34. The maximum absolute atomic E-state index is 12.6. The zero-order valence-corrected chi connectivity index (χ0v) is 17.0. The monoisotopic (exact) mass is 401 g/mol. The van der Waals surface area contributed by atoms with Crippen molar-refractivity contribution in [3.05, 3.63) is 42.1 Å². The molecule has 0 saturated heterocycles. The molecule has 3 N–H and O–H groups in total. The molecule has 1 aromatic heterocycles. The normalized spacial score (nSPS) is 20.1. The molecule has 2 aliphatic rings. The number of aliphatic hydroxyl groups is 1. The van der Waals surface area contributed by atoms with Crippen LogP contribution in [0.15, 0.2) is 41.4 Å². The summed E-state index contributed by atoms with van der Waals surface area (Å²) in [4.78, 5) is 4.68. The average Bonchev–Trinajstić information content (AvgIpc) is 3.44. The van der Waals surface area contributed by atoms with Crippen molar-refractivity contribution in [2.45, 2.75) is 50.1 Å². The van der Waals surface area contributed by atoms with Crippen molar-refractivity contribution >= 4 is 15.8 Å². The van der Waals surface area contributed by atoms with Crippen LogP contribution in [-0.4, -0.2) is 37.2 Å². The van der Waals surface area contributed by atoms with Crippen LogP contribution in [-0.2, 0) is 16.4 Å². The fourth-order valence-electron chi connectivity index (χ4n) is 3.79. The molecule has 4 rings (SSSR count). The smallest absolute Gasteiger partial charge is 0.240 e. The van der Waals surface area contributed by atoms with E-state index in [0.717, 1.165) is 29.3 Å². The molecule has 1 fully saturated rings. The van der Waals surface area contributed by atoms with Crippen LogP contribution in [0.2, 0.25) is 0 Å². The maximum Gasteiger partial charge on any atom is 0.240 e. The second-order valence-electron chi connectivity index (χ2n) is 8.16. The van der Waals surface area contributed by atoms with Crippen LogP contribution >= 0.6 is 0 Å². The van der Waals surface area contributed by atoms with Crippen molar-refractivity contribution in [1.82, 2.24) is 9.71 Å². The van der Waals surface area contributed by atoms with Crippen molar-refractivity contribution in [3.8, 4) is 11.1 Å². The van der Waals surface area contributed by atoms with Crippen LogP contribution in [0.4, 0.5) is 5.82 Å². The zero-order valence-electron chi connectivity index (χ0n) is 16.2. The quantitative estimate of drug-likeness (QED) is 0.664. The van der Waals surface area contributed by atoms with E-state index in [0.29, 0.717) is 6.04 Å². The number of nitrogens with zero attached hydrogens (tertiary/aromatic N) is 1. The minimum Gasteiger partial charge on any atom is -0.395 e. The summed E-state index contributed by atoms with van der Waals surface area (Å²) in [6, 6.07) is 8.91. The van der Waals surface area contributed by atoms with Crippen molar-refractivity contribution in [3.63, 3.8) is 0 Å². The number of nitrogens with one attached hydrogen (secondary N) is 2. The van der Waals surface area contributed by atoms with Gasteiger partial charge >= 0.3 is 0 Å². The lowest BCUT2D eigenvalue weighted by molar-refractivity contribution is 0.227. The highest BCUT2D eigenvalue weighted by molar-refractivity contribution is 7.89. The van der Waals surface area contributed by atoms with E-state index in [4.69, 9.17) is 0 Å². The van der Waals surface area contributed by atoms with Gasteiger partial charge in [0.1, 0.15) is 5.82 Å². The van der Waals surface area contributed by atoms with E-state index in [1.807, 2.05) is 32.0 Å². The summed E-state index contributed by atoms with van der Waals surface area (Å²) in [7, 11) is -3.67. The number of benzene rings is 1. The zero-order chi connectivity index (χ0) is 19.9. The highest BCUT2D eigenvalue weighted by Gasteiger charge is 2.36. The number of pyridine rings is 1. The van der Waals surface area contributed by atoms with Gasteiger partial charge in [-0.05, 0) is 60.4 Å². The van der Waals surface area contributed by atoms with Gasteiger partial charge in [-0.2, -0.15) is 0 Å². The van der Waals surface area contributed by atoms with Crippen LogP contribution in [0, 0.1) is 11.8 Å². The molecule has 0 spiro atoms. The molecule has 2 heterocycles. The molecule has 0 amide bonds. The van der Waals surface area contributed by atoms with Gasteiger partial charge in [0.05, 0.1) is 11.5 Å². The van der Waals surface area contributed by atoms with Crippen molar-refractivity contribution < 1.29 is 13.5 Å². The standard InChI is InChI=1S/C21H27N3O3S/c1-13(2)20(12-25)24-28(26,27)16-7-5-14(6-8-16)17-9-10-22-21-18(17)11-19(23-21)15-3-4-15/h5-10,13,15,19-20,24-25H,3-4,11-12H2,1-2H3,(H,22,23)/t19?,20-/m0/s1. The van der Waals surface area contributed by atoms with Gasteiger partial charge in [0, 0.05) is 23.8 Å². The molecular weight excluding hydrogens is 374 g/mol. The summed E-state index contributed by atoms with van der Waals surface area (Å²) in [5, 5.41) is 13.0.